The molecule has 1 aliphatic heterocycles. The number of hydrogen-bond acceptors (Lipinski definition) is 10. The Bertz CT molecular complexity index is 1040. The number of thiophene rings is 1. The van der Waals surface area contributed by atoms with Gasteiger partial charge in [-0.3, -0.25) is 4.90 Å². The lowest BCUT2D eigenvalue weighted by Crippen LogP contribution is -2.37. The Morgan fingerprint density at radius 2 is 1.53 bits per heavy atom. The molecule has 36 heavy (non-hydrogen) atoms. The van der Waals surface area contributed by atoms with E-state index in [9.17, 15) is 0 Å². The molecule has 0 radical (unpaired) electrons. The van der Waals surface area contributed by atoms with Crippen molar-refractivity contribution >= 4 is 51.2 Å². The molecule has 0 atom stereocenters. The van der Waals surface area contributed by atoms with Crippen LogP contribution in [0.25, 0.3) is 10.2 Å². The Hall–Kier alpha value is -3.36. The standard InChI is InChI=1S/C18H26N4OS.2C2H2O4/c1-13-20-17(19-7-4-8-22-9-11-23-12-10-22)16-14-5-2-3-6-15(14)24-18(16)21-13;2*3-1(4)2(5)6/h2-12H2,1H3,(H,19,20,21);2*(H,3,4)(H,5,6). The third kappa shape index (κ3) is 9.02. The van der Waals surface area contributed by atoms with Crippen molar-refractivity contribution in [1.29, 1.82) is 0 Å². The molecule has 1 aliphatic carbocycles. The minimum absolute atomic E-state index is 0.872. The first-order chi connectivity index (χ1) is 17.1. The van der Waals surface area contributed by atoms with Gasteiger partial charge in [-0.15, -0.1) is 11.3 Å². The van der Waals surface area contributed by atoms with Gasteiger partial charge >= 0.3 is 23.9 Å². The predicted octanol–water partition coefficient (Wildman–Crippen LogP) is 1.32. The van der Waals surface area contributed by atoms with Crippen LogP contribution in [-0.2, 0) is 36.8 Å². The summed E-state index contributed by atoms with van der Waals surface area (Å²) < 4.78 is 5.41. The van der Waals surface area contributed by atoms with E-state index in [2.05, 4.69) is 15.2 Å². The first-order valence-corrected chi connectivity index (χ1v) is 12.2. The van der Waals surface area contributed by atoms with E-state index in [0.717, 1.165) is 57.5 Å². The molecule has 2 aliphatic rings. The average Bonchev–Trinajstić information content (AvgIpc) is 3.21. The normalized spacial score (nSPS) is 14.9. The van der Waals surface area contributed by atoms with Gasteiger partial charge in [0.15, 0.2) is 0 Å². The number of ether oxygens (including phenoxy) is 1. The van der Waals surface area contributed by atoms with Gasteiger partial charge in [-0.1, -0.05) is 0 Å². The number of carbonyl (C=O) groups is 4. The molecule has 2 aromatic heterocycles. The van der Waals surface area contributed by atoms with Crippen LogP contribution < -0.4 is 5.32 Å². The molecule has 4 rings (SSSR count). The number of nitrogens with zero attached hydrogens (tertiary/aromatic N) is 3. The van der Waals surface area contributed by atoms with Gasteiger partial charge in [0.1, 0.15) is 16.5 Å². The second-order valence-electron chi connectivity index (χ2n) is 7.97. The van der Waals surface area contributed by atoms with E-state index in [1.807, 2.05) is 18.3 Å². The molecule has 198 valence electrons. The van der Waals surface area contributed by atoms with E-state index < -0.39 is 23.9 Å². The molecule has 0 spiro atoms. The number of carboxylic acids is 4. The van der Waals surface area contributed by atoms with E-state index in [4.69, 9.17) is 49.3 Å². The summed E-state index contributed by atoms with van der Waals surface area (Å²) in [6.45, 7) is 7.97. The summed E-state index contributed by atoms with van der Waals surface area (Å²) in [4.78, 5) is 51.0. The summed E-state index contributed by atoms with van der Waals surface area (Å²) >= 11 is 1.88. The monoisotopic (exact) mass is 526 g/mol. The van der Waals surface area contributed by atoms with Gasteiger partial charge in [-0.05, 0) is 51.1 Å². The summed E-state index contributed by atoms with van der Waals surface area (Å²) in [6, 6.07) is 0. The molecule has 2 aromatic rings. The number of carboxylic acid groups (broad SMARTS) is 4. The van der Waals surface area contributed by atoms with Crippen molar-refractivity contribution < 1.29 is 44.3 Å². The summed E-state index contributed by atoms with van der Waals surface area (Å²) in [5, 5.41) is 34.5. The number of nitrogens with one attached hydrogen (secondary N) is 1. The molecular formula is C22H30N4O9S. The number of anilines is 1. The van der Waals surface area contributed by atoms with Crippen LogP contribution in [0.2, 0.25) is 0 Å². The summed E-state index contributed by atoms with van der Waals surface area (Å²) in [5.41, 5.74) is 1.51. The third-order valence-electron chi connectivity index (χ3n) is 5.34. The second-order valence-corrected chi connectivity index (χ2v) is 9.05. The van der Waals surface area contributed by atoms with Gasteiger partial charge in [-0.25, -0.2) is 29.1 Å². The minimum Gasteiger partial charge on any atom is -0.473 e. The van der Waals surface area contributed by atoms with E-state index in [1.165, 1.54) is 46.3 Å². The van der Waals surface area contributed by atoms with Crippen molar-refractivity contribution in [2.45, 2.75) is 39.0 Å². The number of aliphatic carboxylic acids is 4. The van der Waals surface area contributed by atoms with Crippen LogP contribution in [0.1, 0.15) is 35.5 Å². The lowest BCUT2D eigenvalue weighted by molar-refractivity contribution is -0.159. The van der Waals surface area contributed by atoms with Crippen LogP contribution >= 0.6 is 11.3 Å². The topological polar surface area (TPSA) is 199 Å². The van der Waals surface area contributed by atoms with Crippen LogP contribution in [-0.4, -0.2) is 98.6 Å². The van der Waals surface area contributed by atoms with Crippen molar-refractivity contribution in [1.82, 2.24) is 14.9 Å². The number of fused-ring (bicyclic) bond motifs is 3. The highest BCUT2D eigenvalue weighted by atomic mass is 32.1. The predicted molar refractivity (Wildman–Crippen MR) is 130 cm³/mol. The van der Waals surface area contributed by atoms with Crippen LogP contribution in [0, 0.1) is 6.92 Å². The number of aryl methyl sites for hydroxylation is 3. The Kier molecular flexibility index (Phi) is 11.4. The Morgan fingerprint density at radius 1 is 0.944 bits per heavy atom. The average molecular weight is 527 g/mol. The molecule has 0 amide bonds. The number of aromatic nitrogens is 2. The van der Waals surface area contributed by atoms with Crippen LogP contribution in [0.4, 0.5) is 5.82 Å². The van der Waals surface area contributed by atoms with Gasteiger partial charge in [0, 0.05) is 24.5 Å². The van der Waals surface area contributed by atoms with Crippen molar-refractivity contribution in [3.8, 4) is 0 Å². The Labute approximate surface area is 210 Å². The molecule has 0 aromatic carbocycles. The maximum atomic E-state index is 9.10. The molecule has 1 saturated heterocycles. The molecule has 0 saturated carbocycles. The fourth-order valence-corrected chi connectivity index (χ4v) is 5.03. The highest BCUT2D eigenvalue weighted by Gasteiger charge is 2.20. The summed E-state index contributed by atoms with van der Waals surface area (Å²) in [5.74, 6) is -5.37. The lowest BCUT2D eigenvalue weighted by Gasteiger charge is -2.26. The van der Waals surface area contributed by atoms with Crippen molar-refractivity contribution in [3.63, 3.8) is 0 Å². The molecule has 1 fully saturated rings. The van der Waals surface area contributed by atoms with Crippen LogP contribution in [0.5, 0.6) is 0 Å². The Balaban J connectivity index is 0.000000319. The first-order valence-electron chi connectivity index (χ1n) is 11.4. The molecule has 13 nitrogen and oxygen atoms in total. The van der Waals surface area contributed by atoms with Crippen molar-refractivity contribution in [2.75, 3.05) is 44.7 Å². The fourth-order valence-electron chi connectivity index (χ4n) is 3.73. The quantitative estimate of drug-likeness (QED) is 0.276. The summed E-state index contributed by atoms with van der Waals surface area (Å²) in [6.07, 6.45) is 6.14. The maximum Gasteiger partial charge on any atom is 0.414 e. The number of morpholine rings is 1. The zero-order valence-electron chi connectivity index (χ0n) is 19.9. The fraction of sp³-hybridized carbons (Fsp3) is 0.545. The zero-order valence-corrected chi connectivity index (χ0v) is 20.7. The van der Waals surface area contributed by atoms with Gasteiger partial charge < -0.3 is 30.5 Å². The minimum atomic E-state index is -1.82. The van der Waals surface area contributed by atoms with Gasteiger partial charge in [-0.2, -0.15) is 0 Å². The molecule has 14 heteroatoms. The molecular weight excluding hydrogens is 496 g/mol. The van der Waals surface area contributed by atoms with E-state index >= 15 is 0 Å². The van der Waals surface area contributed by atoms with Gasteiger partial charge in [0.05, 0.1) is 18.6 Å². The number of rotatable bonds is 5. The summed E-state index contributed by atoms with van der Waals surface area (Å²) in [7, 11) is 0. The smallest absolute Gasteiger partial charge is 0.414 e. The molecule has 5 N–H and O–H groups in total. The highest BCUT2D eigenvalue weighted by Crippen LogP contribution is 2.38. The molecule has 0 bridgehead atoms. The largest absolute Gasteiger partial charge is 0.473 e. The van der Waals surface area contributed by atoms with Gasteiger partial charge in [0.2, 0.25) is 0 Å². The van der Waals surface area contributed by atoms with E-state index in [0.29, 0.717) is 0 Å². The molecule has 0 unspecified atom stereocenters. The maximum absolute atomic E-state index is 9.10. The van der Waals surface area contributed by atoms with E-state index in [-0.39, 0.29) is 0 Å². The zero-order chi connectivity index (χ0) is 26.7. The first kappa shape index (κ1) is 28.9. The van der Waals surface area contributed by atoms with Crippen LogP contribution in [0.15, 0.2) is 0 Å². The van der Waals surface area contributed by atoms with Crippen molar-refractivity contribution in [3.05, 3.63) is 16.3 Å². The number of hydrogen-bond donors (Lipinski definition) is 5. The Morgan fingerprint density at radius 3 is 2.11 bits per heavy atom. The van der Waals surface area contributed by atoms with E-state index in [1.54, 1.807) is 0 Å². The van der Waals surface area contributed by atoms with Crippen molar-refractivity contribution in [2.24, 2.45) is 0 Å². The lowest BCUT2D eigenvalue weighted by atomic mass is 9.97. The SMILES string of the molecule is Cc1nc(NCCCN2CCOCC2)c2c3c(sc2n1)CCCC3.O=C(O)C(=O)O.O=C(O)C(=O)O. The molecule has 3 heterocycles. The highest BCUT2D eigenvalue weighted by molar-refractivity contribution is 7.19. The second kappa shape index (κ2) is 14.3. The van der Waals surface area contributed by atoms with Gasteiger partial charge in [0.25, 0.3) is 0 Å². The third-order valence-corrected chi connectivity index (χ3v) is 6.53. The van der Waals surface area contributed by atoms with Crippen LogP contribution in [0.3, 0.4) is 0 Å².